The largest absolute Gasteiger partial charge is 0.349 e. The third kappa shape index (κ3) is 4.02. The van der Waals surface area contributed by atoms with Crippen LogP contribution in [0.15, 0.2) is 41.6 Å². The van der Waals surface area contributed by atoms with E-state index in [1.807, 2.05) is 38.1 Å². The molecule has 1 aromatic carbocycles. The number of hydrogen-bond donors (Lipinski definition) is 2. The van der Waals surface area contributed by atoms with E-state index < -0.39 is 0 Å². The number of amides is 1. The summed E-state index contributed by atoms with van der Waals surface area (Å²) >= 11 is 7.34. The number of nitrogens with one attached hydrogen (secondary N) is 2. The smallest absolute Gasteiger partial charge is 0.233 e. The van der Waals surface area contributed by atoms with E-state index in [1.54, 1.807) is 12.4 Å². The van der Waals surface area contributed by atoms with Crippen LogP contribution in [0.1, 0.15) is 25.5 Å². The topological polar surface area (TPSA) is 57.8 Å². The second-order valence-electron chi connectivity index (χ2n) is 4.48. The van der Waals surface area contributed by atoms with Crippen molar-refractivity contribution in [3.8, 4) is 0 Å². The van der Waals surface area contributed by atoms with Crippen LogP contribution in [0.25, 0.3) is 0 Å². The first-order valence-corrected chi connectivity index (χ1v) is 7.53. The van der Waals surface area contributed by atoms with Gasteiger partial charge in [-0.15, -0.1) is 11.8 Å². The number of carbonyl (C=O) groups is 1. The molecule has 0 aliphatic heterocycles. The highest BCUT2D eigenvalue weighted by atomic mass is 35.5. The van der Waals surface area contributed by atoms with Crippen LogP contribution in [0, 0.1) is 0 Å². The molecule has 0 bridgehead atoms. The Balaban J connectivity index is 1.90. The Morgan fingerprint density at radius 2 is 2.05 bits per heavy atom. The molecule has 2 aromatic rings. The van der Waals surface area contributed by atoms with Crippen LogP contribution in [0.3, 0.4) is 0 Å². The second kappa shape index (κ2) is 6.81. The number of halogens is 1. The molecule has 2 unspecified atom stereocenters. The fraction of sp³-hybridized carbons (Fsp3) is 0.286. The van der Waals surface area contributed by atoms with Gasteiger partial charge in [-0.2, -0.15) is 5.10 Å². The van der Waals surface area contributed by atoms with Crippen molar-refractivity contribution < 1.29 is 4.79 Å². The number of hydrogen-bond acceptors (Lipinski definition) is 3. The van der Waals surface area contributed by atoms with Crippen LogP contribution in [0.2, 0.25) is 5.02 Å². The van der Waals surface area contributed by atoms with Crippen LogP contribution >= 0.6 is 23.4 Å². The Bertz CT molecular complexity index is 556. The Morgan fingerprint density at radius 1 is 1.35 bits per heavy atom. The van der Waals surface area contributed by atoms with Gasteiger partial charge >= 0.3 is 0 Å². The maximum Gasteiger partial charge on any atom is 0.233 e. The second-order valence-corrected chi connectivity index (χ2v) is 6.33. The zero-order chi connectivity index (χ0) is 14.5. The van der Waals surface area contributed by atoms with E-state index in [1.165, 1.54) is 11.8 Å². The summed E-state index contributed by atoms with van der Waals surface area (Å²) in [6.07, 6.45) is 3.49. The minimum atomic E-state index is -0.175. The molecule has 4 nitrogen and oxygen atoms in total. The molecule has 2 atom stereocenters. The first kappa shape index (κ1) is 14.9. The van der Waals surface area contributed by atoms with Gasteiger partial charge in [0.05, 0.1) is 17.5 Å². The van der Waals surface area contributed by atoms with Crippen LogP contribution in [0.4, 0.5) is 0 Å². The minimum absolute atomic E-state index is 0.00125. The van der Waals surface area contributed by atoms with Crippen molar-refractivity contribution in [3.05, 3.63) is 47.2 Å². The van der Waals surface area contributed by atoms with E-state index in [4.69, 9.17) is 11.6 Å². The molecule has 1 amide bonds. The Morgan fingerprint density at radius 3 is 2.65 bits per heavy atom. The Hall–Kier alpha value is -1.46. The van der Waals surface area contributed by atoms with Gasteiger partial charge in [-0.05, 0) is 38.1 Å². The maximum absolute atomic E-state index is 12.1. The average molecular weight is 310 g/mol. The summed E-state index contributed by atoms with van der Waals surface area (Å²) < 4.78 is 0. The van der Waals surface area contributed by atoms with Crippen molar-refractivity contribution in [2.24, 2.45) is 0 Å². The number of carbonyl (C=O) groups excluding carboxylic acids is 1. The molecule has 20 heavy (non-hydrogen) atoms. The molecule has 106 valence electrons. The highest BCUT2D eigenvalue weighted by Gasteiger charge is 2.17. The zero-order valence-electron chi connectivity index (χ0n) is 11.3. The summed E-state index contributed by atoms with van der Waals surface area (Å²) in [6, 6.07) is 7.41. The molecule has 0 spiro atoms. The van der Waals surface area contributed by atoms with Gasteiger partial charge in [0.15, 0.2) is 0 Å². The molecule has 6 heteroatoms. The number of H-pyrrole nitrogens is 1. The molecule has 2 N–H and O–H groups in total. The molecule has 1 heterocycles. The lowest BCUT2D eigenvalue weighted by molar-refractivity contribution is -0.120. The molecule has 0 fully saturated rings. The number of nitrogens with zero attached hydrogens (tertiary/aromatic N) is 1. The molecule has 0 aliphatic rings. The molecule has 1 aromatic heterocycles. The number of rotatable bonds is 5. The summed E-state index contributed by atoms with van der Waals surface area (Å²) in [5.41, 5.74) is 0.960. The van der Waals surface area contributed by atoms with Crippen molar-refractivity contribution in [1.29, 1.82) is 0 Å². The van der Waals surface area contributed by atoms with E-state index in [0.29, 0.717) is 5.02 Å². The number of aromatic amines is 1. The lowest BCUT2D eigenvalue weighted by Gasteiger charge is -2.16. The highest BCUT2D eigenvalue weighted by Crippen LogP contribution is 2.25. The van der Waals surface area contributed by atoms with Gasteiger partial charge in [0, 0.05) is 21.7 Å². The lowest BCUT2D eigenvalue weighted by Crippen LogP contribution is -2.32. The van der Waals surface area contributed by atoms with Gasteiger partial charge in [-0.25, -0.2) is 0 Å². The van der Waals surface area contributed by atoms with Crippen molar-refractivity contribution in [2.45, 2.75) is 30.0 Å². The molecular formula is C14H16ClN3OS. The number of thioether (sulfide) groups is 1. The van der Waals surface area contributed by atoms with Gasteiger partial charge in [0.25, 0.3) is 0 Å². The average Bonchev–Trinajstić information content (AvgIpc) is 2.95. The van der Waals surface area contributed by atoms with E-state index in [0.717, 1.165) is 10.5 Å². The van der Waals surface area contributed by atoms with Gasteiger partial charge in [0.1, 0.15) is 0 Å². The summed E-state index contributed by atoms with van der Waals surface area (Å²) in [4.78, 5) is 13.2. The third-order valence-electron chi connectivity index (χ3n) is 2.87. The third-order valence-corrected chi connectivity index (χ3v) is 4.24. The van der Waals surface area contributed by atoms with Crippen LogP contribution in [-0.4, -0.2) is 21.4 Å². The SMILES string of the molecule is CC(Sc1ccc(Cl)cc1)C(=O)NC(C)c1cn[nH]c1. The summed E-state index contributed by atoms with van der Waals surface area (Å²) in [5, 5.41) is 10.1. The monoisotopic (exact) mass is 309 g/mol. The predicted molar refractivity (Wildman–Crippen MR) is 81.9 cm³/mol. The van der Waals surface area contributed by atoms with E-state index >= 15 is 0 Å². The molecular weight excluding hydrogens is 294 g/mol. The molecule has 0 saturated carbocycles. The van der Waals surface area contributed by atoms with Gasteiger partial charge in [0.2, 0.25) is 5.91 Å². The minimum Gasteiger partial charge on any atom is -0.349 e. The Kier molecular flexibility index (Phi) is 5.09. The van der Waals surface area contributed by atoms with Gasteiger partial charge < -0.3 is 5.32 Å². The van der Waals surface area contributed by atoms with Crippen molar-refractivity contribution in [2.75, 3.05) is 0 Å². The normalized spacial score (nSPS) is 13.8. The van der Waals surface area contributed by atoms with Gasteiger partial charge in [-0.3, -0.25) is 9.89 Å². The quantitative estimate of drug-likeness (QED) is 0.832. The first-order valence-electron chi connectivity index (χ1n) is 6.27. The first-order chi connectivity index (χ1) is 9.56. The number of benzene rings is 1. The molecule has 0 radical (unpaired) electrons. The van der Waals surface area contributed by atoms with Crippen molar-refractivity contribution in [1.82, 2.24) is 15.5 Å². The lowest BCUT2D eigenvalue weighted by atomic mass is 10.2. The van der Waals surface area contributed by atoms with E-state index in [2.05, 4.69) is 15.5 Å². The summed E-state index contributed by atoms with van der Waals surface area (Å²) in [7, 11) is 0. The molecule has 2 rings (SSSR count). The summed E-state index contributed by atoms with van der Waals surface area (Å²) in [5.74, 6) is -0.00125. The fourth-order valence-electron chi connectivity index (χ4n) is 1.68. The Labute approximate surface area is 127 Å². The summed E-state index contributed by atoms with van der Waals surface area (Å²) in [6.45, 7) is 3.82. The van der Waals surface area contributed by atoms with Crippen LogP contribution in [0.5, 0.6) is 0 Å². The molecule has 0 aliphatic carbocycles. The predicted octanol–water partition coefficient (Wildman–Crippen LogP) is 3.42. The maximum atomic E-state index is 12.1. The highest BCUT2D eigenvalue weighted by molar-refractivity contribution is 8.00. The molecule has 0 saturated heterocycles. The van der Waals surface area contributed by atoms with E-state index in [9.17, 15) is 4.79 Å². The standard InChI is InChI=1S/C14H16ClN3OS/c1-9(11-7-16-17-8-11)18-14(19)10(2)20-13-5-3-12(15)4-6-13/h3-10H,1-2H3,(H,16,17)(H,18,19). The van der Waals surface area contributed by atoms with Gasteiger partial charge in [-0.1, -0.05) is 11.6 Å². The van der Waals surface area contributed by atoms with Crippen LogP contribution in [-0.2, 0) is 4.79 Å². The van der Waals surface area contributed by atoms with Crippen LogP contribution < -0.4 is 5.32 Å². The number of aromatic nitrogens is 2. The van der Waals surface area contributed by atoms with E-state index in [-0.39, 0.29) is 17.2 Å². The van der Waals surface area contributed by atoms with Crippen molar-refractivity contribution in [3.63, 3.8) is 0 Å². The van der Waals surface area contributed by atoms with Crippen molar-refractivity contribution >= 4 is 29.3 Å². The zero-order valence-corrected chi connectivity index (χ0v) is 12.8. The fourth-order valence-corrected chi connectivity index (χ4v) is 2.69.